The van der Waals surface area contributed by atoms with Crippen molar-refractivity contribution in [3.05, 3.63) is 52.8 Å². The van der Waals surface area contributed by atoms with Crippen LogP contribution in [0.15, 0.2) is 35.6 Å². The molecule has 0 unspecified atom stereocenters. The summed E-state index contributed by atoms with van der Waals surface area (Å²) in [5, 5.41) is 8.45. The first kappa shape index (κ1) is 18.3. The van der Waals surface area contributed by atoms with Crippen molar-refractivity contribution in [2.75, 3.05) is 4.72 Å². The van der Waals surface area contributed by atoms with Gasteiger partial charge in [0.2, 0.25) is 0 Å². The molecule has 0 saturated heterocycles. The van der Waals surface area contributed by atoms with Gasteiger partial charge in [0.15, 0.2) is 0 Å². The van der Waals surface area contributed by atoms with Crippen molar-refractivity contribution in [2.24, 2.45) is 0 Å². The molecule has 2 heterocycles. The largest absolute Gasteiger partial charge is 0.271 e. The molecule has 0 atom stereocenters. The third-order valence-corrected chi connectivity index (χ3v) is 5.41. The Kier molecular flexibility index (Phi) is 4.97. The Labute approximate surface area is 154 Å². The molecule has 11 heteroatoms. The number of aromatic nitrogens is 5. The van der Waals surface area contributed by atoms with E-state index in [0.29, 0.717) is 17.8 Å². The minimum atomic E-state index is -3.85. The lowest BCUT2D eigenvalue weighted by atomic mass is 10.2. The summed E-state index contributed by atoms with van der Waals surface area (Å²) in [5.41, 5.74) is 1.02. The zero-order valence-corrected chi connectivity index (χ0v) is 15.6. The number of anilines is 1. The monoisotopic (exact) mass is 398 g/mol. The average molecular weight is 399 g/mol. The van der Waals surface area contributed by atoms with E-state index < -0.39 is 15.8 Å². The normalized spacial score (nSPS) is 11.7. The molecular weight excluding hydrogens is 383 g/mol. The highest BCUT2D eigenvalue weighted by Crippen LogP contribution is 2.19. The van der Waals surface area contributed by atoms with Gasteiger partial charge in [0.1, 0.15) is 17.0 Å². The maximum absolute atomic E-state index is 13.1. The number of nitrogens with one attached hydrogen (secondary N) is 1. The Morgan fingerprint density at radius 2 is 2.04 bits per heavy atom. The fourth-order valence-corrected chi connectivity index (χ4v) is 3.70. The minimum absolute atomic E-state index is 0.0669. The lowest BCUT2D eigenvalue weighted by Gasteiger charge is -2.04. The molecule has 0 aliphatic heterocycles. The Hall–Kier alpha value is -2.46. The zero-order chi connectivity index (χ0) is 18.9. The van der Waals surface area contributed by atoms with Gasteiger partial charge in [-0.15, -0.1) is 5.10 Å². The topological polar surface area (TPSA) is 94.7 Å². The number of hydrogen-bond acceptors (Lipinski definition) is 5. The van der Waals surface area contributed by atoms with Gasteiger partial charge in [0, 0.05) is 17.8 Å². The zero-order valence-electron chi connectivity index (χ0n) is 14.0. The summed E-state index contributed by atoms with van der Waals surface area (Å²) < 4.78 is 43.3. The van der Waals surface area contributed by atoms with Crippen LogP contribution in [0.4, 0.5) is 10.3 Å². The van der Waals surface area contributed by atoms with E-state index in [0.717, 1.165) is 0 Å². The molecule has 26 heavy (non-hydrogen) atoms. The minimum Gasteiger partial charge on any atom is -0.271 e. The van der Waals surface area contributed by atoms with Crippen LogP contribution in [0.3, 0.4) is 0 Å². The van der Waals surface area contributed by atoms with Crippen LogP contribution in [0.5, 0.6) is 0 Å². The first-order chi connectivity index (χ1) is 12.3. The molecule has 1 N–H and O–H groups in total. The van der Waals surface area contributed by atoms with E-state index >= 15 is 0 Å². The van der Waals surface area contributed by atoms with Gasteiger partial charge in [0.05, 0.1) is 12.2 Å². The van der Waals surface area contributed by atoms with E-state index in [4.69, 9.17) is 11.6 Å². The molecule has 8 nitrogen and oxygen atoms in total. The first-order valence-corrected chi connectivity index (χ1v) is 9.55. The molecule has 3 rings (SSSR count). The van der Waals surface area contributed by atoms with Crippen molar-refractivity contribution < 1.29 is 12.8 Å². The molecule has 0 radical (unpaired) electrons. The summed E-state index contributed by atoms with van der Waals surface area (Å²) in [4.78, 5) is 4.01. The van der Waals surface area contributed by atoms with Crippen LogP contribution in [-0.2, 0) is 23.1 Å². The summed E-state index contributed by atoms with van der Waals surface area (Å²) in [6.07, 6.45) is 2.81. The predicted molar refractivity (Wildman–Crippen MR) is 94.0 cm³/mol. The predicted octanol–water partition coefficient (Wildman–Crippen LogP) is 2.44. The highest BCUT2D eigenvalue weighted by Gasteiger charge is 2.22. The number of halogens is 2. The molecule has 0 saturated carbocycles. The Morgan fingerprint density at radius 3 is 2.69 bits per heavy atom. The third-order valence-electron chi connectivity index (χ3n) is 3.62. The molecule has 2 aromatic heterocycles. The van der Waals surface area contributed by atoms with E-state index in [1.807, 2.05) is 6.92 Å². The van der Waals surface area contributed by atoms with Gasteiger partial charge in [-0.1, -0.05) is 17.7 Å². The van der Waals surface area contributed by atoms with E-state index in [1.165, 1.54) is 40.1 Å². The van der Waals surface area contributed by atoms with Crippen LogP contribution in [0, 0.1) is 12.7 Å². The Bertz CT molecular complexity index is 1050. The molecule has 1 aromatic carbocycles. The average Bonchev–Trinajstić information content (AvgIpc) is 3.16. The van der Waals surface area contributed by atoms with E-state index in [1.54, 1.807) is 6.92 Å². The maximum atomic E-state index is 13.1. The van der Waals surface area contributed by atoms with Gasteiger partial charge in [-0.2, -0.15) is 10.1 Å². The number of benzene rings is 1. The summed E-state index contributed by atoms with van der Waals surface area (Å²) in [6, 6.07) is 4.02. The van der Waals surface area contributed by atoms with Gasteiger partial charge in [-0.25, -0.2) is 22.2 Å². The number of rotatable bonds is 6. The smallest absolute Gasteiger partial charge is 0.267 e. The lowest BCUT2D eigenvalue weighted by molar-refractivity contribution is 0.599. The second-order valence-electron chi connectivity index (χ2n) is 5.54. The van der Waals surface area contributed by atoms with Gasteiger partial charge in [-0.3, -0.25) is 4.68 Å². The van der Waals surface area contributed by atoms with Crippen LogP contribution < -0.4 is 4.72 Å². The van der Waals surface area contributed by atoms with Crippen molar-refractivity contribution in [3.63, 3.8) is 0 Å². The van der Waals surface area contributed by atoms with Gasteiger partial charge in [0.25, 0.3) is 16.0 Å². The standard InChI is InChI=1S/C15H16ClFN6O2S/c1-3-22-8-14(10(2)19-22)26(24,25)21-15-18-9-23(20-15)7-11-4-5-12(17)6-13(11)16/h4-6,8-9H,3,7H2,1-2H3,(H,20,21). The molecule has 0 amide bonds. The maximum Gasteiger partial charge on any atom is 0.267 e. The van der Waals surface area contributed by atoms with Crippen molar-refractivity contribution in [1.82, 2.24) is 24.5 Å². The fourth-order valence-electron chi connectivity index (χ4n) is 2.34. The molecule has 0 spiro atoms. The second kappa shape index (κ2) is 7.04. The molecule has 0 aliphatic rings. The Balaban J connectivity index is 1.78. The summed E-state index contributed by atoms with van der Waals surface area (Å²) in [6.45, 7) is 4.26. The van der Waals surface area contributed by atoms with E-state index in [2.05, 4.69) is 19.9 Å². The van der Waals surface area contributed by atoms with Gasteiger partial charge >= 0.3 is 0 Å². The molecule has 138 valence electrons. The number of aryl methyl sites for hydroxylation is 2. The summed E-state index contributed by atoms with van der Waals surface area (Å²) in [5.74, 6) is -0.513. The van der Waals surface area contributed by atoms with Crippen LogP contribution in [0.1, 0.15) is 18.2 Å². The highest BCUT2D eigenvalue weighted by molar-refractivity contribution is 7.92. The van der Waals surface area contributed by atoms with E-state index in [-0.39, 0.29) is 22.4 Å². The van der Waals surface area contributed by atoms with Crippen LogP contribution in [0.25, 0.3) is 0 Å². The Morgan fingerprint density at radius 1 is 1.27 bits per heavy atom. The fraction of sp³-hybridized carbons (Fsp3) is 0.267. The van der Waals surface area contributed by atoms with Gasteiger partial charge in [-0.05, 0) is 31.5 Å². The molecule has 3 aromatic rings. The van der Waals surface area contributed by atoms with Gasteiger partial charge < -0.3 is 0 Å². The van der Waals surface area contributed by atoms with Crippen molar-refractivity contribution >= 4 is 27.6 Å². The first-order valence-electron chi connectivity index (χ1n) is 7.68. The van der Waals surface area contributed by atoms with Crippen molar-refractivity contribution in [2.45, 2.75) is 31.8 Å². The summed E-state index contributed by atoms with van der Waals surface area (Å²) >= 11 is 5.98. The summed E-state index contributed by atoms with van der Waals surface area (Å²) in [7, 11) is -3.85. The number of sulfonamides is 1. The molecule has 0 aliphatic carbocycles. The van der Waals surface area contributed by atoms with E-state index in [9.17, 15) is 12.8 Å². The van der Waals surface area contributed by atoms with Crippen LogP contribution >= 0.6 is 11.6 Å². The lowest BCUT2D eigenvalue weighted by Crippen LogP contribution is -2.15. The van der Waals surface area contributed by atoms with Crippen molar-refractivity contribution in [3.8, 4) is 0 Å². The second-order valence-corrected chi connectivity index (χ2v) is 7.60. The van der Waals surface area contributed by atoms with Crippen molar-refractivity contribution in [1.29, 1.82) is 0 Å². The van der Waals surface area contributed by atoms with Crippen LogP contribution in [0.2, 0.25) is 5.02 Å². The van der Waals surface area contributed by atoms with Crippen LogP contribution in [-0.4, -0.2) is 33.0 Å². The molecule has 0 bridgehead atoms. The SMILES string of the molecule is CCn1cc(S(=O)(=O)Nc2ncn(Cc3ccc(F)cc3Cl)n2)c(C)n1. The third kappa shape index (κ3) is 3.86. The molecule has 0 fully saturated rings. The highest BCUT2D eigenvalue weighted by atomic mass is 35.5. The number of hydrogen-bond donors (Lipinski definition) is 1. The quantitative estimate of drug-likeness (QED) is 0.688. The number of nitrogens with zero attached hydrogens (tertiary/aromatic N) is 5. The molecular formula is C15H16ClFN6O2S.